The molecule has 1 aliphatic rings. The zero-order valence-corrected chi connectivity index (χ0v) is 19.5. The monoisotopic (exact) mass is 516 g/mol. The average Bonchev–Trinajstić information content (AvgIpc) is 3.18. The molecule has 3 aromatic carbocycles. The number of non-ortho nitro benzene ring substituents is 1. The van der Waals surface area contributed by atoms with Crippen molar-refractivity contribution in [2.75, 3.05) is 7.11 Å². The zero-order valence-electron chi connectivity index (χ0n) is 18.0. The van der Waals surface area contributed by atoms with Crippen LogP contribution in [0.3, 0.4) is 0 Å². The molecule has 4 rings (SSSR count). The number of halogens is 3. The van der Waals surface area contributed by atoms with E-state index in [4.69, 9.17) is 37.4 Å². The molecule has 178 valence electrons. The van der Waals surface area contributed by atoms with Crippen molar-refractivity contribution in [2.24, 2.45) is 4.99 Å². The van der Waals surface area contributed by atoms with Crippen LogP contribution in [0.4, 0.5) is 10.1 Å². The number of aliphatic imine (C=N–C) groups is 1. The summed E-state index contributed by atoms with van der Waals surface area (Å²) in [7, 11) is 1.43. The largest absolute Gasteiger partial charge is 0.493 e. The number of ether oxygens (including phenoxy) is 3. The van der Waals surface area contributed by atoms with Gasteiger partial charge in [0.05, 0.1) is 27.6 Å². The Morgan fingerprint density at radius 2 is 1.86 bits per heavy atom. The predicted octanol–water partition coefficient (Wildman–Crippen LogP) is 5.97. The molecule has 1 aliphatic heterocycles. The fraction of sp³-hybridized carbons (Fsp3) is 0.0833. The first-order valence-electron chi connectivity index (χ1n) is 9.97. The number of carbonyl (C=O) groups is 1. The molecule has 0 unspecified atom stereocenters. The lowest BCUT2D eigenvalue weighted by Crippen LogP contribution is -2.06. The standard InChI is InChI=1S/C24H15Cl2FN2O6/c1-33-21-10-14(8-19(26)22(21)34-12-13-2-4-15(27)5-3-13)9-20-24(30)35-23(28-20)17-7-6-16(29(31)32)11-18(17)25/h2-11H,12H2,1H3/b20-9-. The molecule has 0 saturated heterocycles. The molecule has 0 spiro atoms. The summed E-state index contributed by atoms with van der Waals surface area (Å²) in [6, 6.07) is 12.7. The number of nitro benzene ring substituents is 1. The van der Waals surface area contributed by atoms with E-state index < -0.39 is 10.9 Å². The van der Waals surface area contributed by atoms with E-state index in [2.05, 4.69) is 4.99 Å². The molecule has 35 heavy (non-hydrogen) atoms. The number of carbonyl (C=O) groups excluding carboxylic acids is 1. The fourth-order valence-corrected chi connectivity index (χ4v) is 3.70. The lowest BCUT2D eigenvalue weighted by atomic mass is 10.1. The van der Waals surface area contributed by atoms with Crippen molar-refractivity contribution < 1.29 is 28.3 Å². The highest BCUT2D eigenvalue weighted by Crippen LogP contribution is 2.38. The van der Waals surface area contributed by atoms with Crippen LogP contribution in [0.5, 0.6) is 11.5 Å². The Bertz CT molecular complexity index is 1390. The van der Waals surface area contributed by atoms with Crippen molar-refractivity contribution in [3.8, 4) is 11.5 Å². The first-order chi connectivity index (χ1) is 16.7. The van der Waals surface area contributed by atoms with Gasteiger partial charge in [0.2, 0.25) is 5.90 Å². The molecule has 1 heterocycles. The number of nitrogens with zero attached hydrogens (tertiary/aromatic N) is 2. The molecular formula is C24H15Cl2FN2O6. The topological polar surface area (TPSA) is 100 Å². The lowest BCUT2D eigenvalue weighted by Gasteiger charge is -2.13. The number of hydrogen-bond acceptors (Lipinski definition) is 7. The summed E-state index contributed by atoms with van der Waals surface area (Å²) in [5, 5.41) is 11.1. The highest BCUT2D eigenvalue weighted by atomic mass is 35.5. The van der Waals surface area contributed by atoms with E-state index in [1.54, 1.807) is 24.3 Å². The smallest absolute Gasteiger partial charge is 0.363 e. The van der Waals surface area contributed by atoms with Gasteiger partial charge >= 0.3 is 5.97 Å². The van der Waals surface area contributed by atoms with Crippen molar-refractivity contribution in [1.29, 1.82) is 0 Å². The first kappa shape index (κ1) is 24.2. The van der Waals surface area contributed by atoms with Gasteiger partial charge in [0.25, 0.3) is 5.69 Å². The van der Waals surface area contributed by atoms with Gasteiger partial charge in [-0.05, 0) is 47.5 Å². The number of nitro groups is 1. The van der Waals surface area contributed by atoms with Crippen molar-refractivity contribution in [2.45, 2.75) is 6.61 Å². The average molecular weight is 517 g/mol. The number of cyclic esters (lactones) is 1. The molecule has 3 aromatic rings. The van der Waals surface area contributed by atoms with Crippen LogP contribution in [0.2, 0.25) is 10.0 Å². The maximum Gasteiger partial charge on any atom is 0.363 e. The third kappa shape index (κ3) is 5.42. The fourth-order valence-electron chi connectivity index (χ4n) is 3.17. The molecule has 8 nitrogen and oxygen atoms in total. The second kappa shape index (κ2) is 10.1. The molecule has 0 saturated carbocycles. The molecular weight excluding hydrogens is 502 g/mol. The SMILES string of the molecule is COc1cc(/C=C2\N=C(c3ccc([N+](=O)[O-])cc3Cl)OC2=O)cc(Cl)c1OCc1ccc(F)cc1. The molecule has 0 N–H and O–H groups in total. The summed E-state index contributed by atoms with van der Waals surface area (Å²) < 4.78 is 29.4. The van der Waals surface area contributed by atoms with Crippen LogP contribution in [-0.4, -0.2) is 23.9 Å². The minimum Gasteiger partial charge on any atom is -0.493 e. The van der Waals surface area contributed by atoms with E-state index in [1.165, 1.54) is 37.5 Å². The summed E-state index contributed by atoms with van der Waals surface area (Å²) in [6.45, 7) is 0.132. The third-order valence-electron chi connectivity index (χ3n) is 4.87. The molecule has 0 amide bonds. The van der Waals surface area contributed by atoms with Crippen molar-refractivity contribution >= 4 is 46.8 Å². The normalized spacial score (nSPS) is 14.0. The van der Waals surface area contributed by atoms with Gasteiger partial charge < -0.3 is 14.2 Å². The van der Waals surface area contributed by atoms with E-state index in [1.807, 2.05) is 0 Å². The highest BCUT2D eigenvalue weighted by Gasteiger charge is 2.27. The second-order valence-electron chi connectivity index (χ2n) is 7.21. The minimum atomic E-state index is -0.735. The van der Waals surface area contributed by atoms with Crippen molar-refractivity contribution in [3.05, 3.63) is 103 Å². The second-order valence-corrected chi connectivity index (χ2v) is 8.02. The summed E-state index contributed by atoms with van der Waals surface area (Å²) in [5.41, 5.74) is 1.20. The number of hydrogen-bond donors (Lipinski definition) is 0. The van der Waals surface area contributed by atoms with Gasteiger partial charge in [0.15, 0.2) is 17.2 Å². The number of esters is 1. The van der Waals surface area contributed by atoms with Crippen LogP contribution < -0.4 is 9.47 Å². The van der Waals surface area contributed by atoms with E-state index in [0.717, 1.165) is 11.6 Å². The summed E-state index contributed by atoms with van der Waals surface area (Å²) >= 11 is 12.5. The third-order valence-corrected chi connectivity index (χ3v) is 5.46. The minimum absolute atomic E-state index is 0.0133. The maximum atomic E-state index is 13.1. The van der Waals surface area contributed by atoms with Crippen molar-refractivity contribution in [1.82, 2.24) is 0 Å². The van der Waals surface area contributed by atoms with Gasteiger partial charge in [0.1, 0.15) is 12.4 Å². The Hall–Kier alpha value is -3.95. The Kier molecular flexibility index (Phi) is 6.99. The Balaban J connectivity index is 1.59. The molecule has 0 fully saturated rings. The maximum absolute atomic E-state index is 13.1. The summed E-state index contributed by atoms with van der Waals surface area (Å²) in [4.78, 5) is 26.8. The zero-order chi connectivity index (χ0) is 25.1. The van der Waals surface area contributed by atoms with Gasteiger partial charge in [0, 0.05) is 12.1 Å². The molecule has 11 heteroatoms. The van der Waals surface area contributed by atoms with Crippen LogP contribution in [0.25, 0.3) is 6.08 Å². The van der Waals surface area contributed by atoms with Crippen LogP contribution in [0.15, 0.2) is 65.3 Å². The molecule has 0 radical (unpaired) electrons. The van der Waals surface area contributed by atoms with Crippen LogP contribution >= 0.6 is 23.2 Å². The first-order valence-corrected chi connectivity index (χ1v) is 10.7. The van der Waals surface area contributed by atoms with Crippen LogP contribution in [-0.2, 0) is 16.1 Å². The van der Waals surface area contributed by atoms with Crippen LogP contribution in [0.1, 0.15) is 16.7 Å². The highest BCUT2D eigenvalue weighted by molar-refractivity contribution is 6.35. The van der Waals surface area contributed by atoms with Crippen molar-refractivity contribution in [3.63, 3.8) is 0 Å². The summed E-state index contributed by atoms with van der Waals surface area (Å²) in [6.07, 6.45) is 1.44. The summed E-state index contributed by atoms with van der Waals surface area (Å²) in [5.74, 6) is -0.592. The lowest BCUT2D eigenvalue weighted by molar-refractivity contribution is -0.384. The number of benzene rings is 3. The number of rotatable bonds is 7. The van der Waals surface area contributed by atoms with E-state index in [-0.39, 0.29) is 51.1 Å². The Morgan fingerprint density at radius 1 is 1.11 bits per heavy atom. The van der Waals surface area contributed by atoms with E-state index in [9.17, 15) is 19.3 Å². The van der Waals surface area contributed by atoms with Gasteiger partial charge in [-0.2, -0.15) is 0 Å². The van der Waals surface area contributed by atoms with E-state index >= 15 is 0 Å². The molecule has 0 bridgehead atoms. The Morgan fingerprint density at radius 3 is 2.51 bits per heavy atom. The quantitative estimate of drug-likeness (QED) is 0.166. The van der Waals surface area contributed by atoms with E-state index in [0.29, 0.717) is 11.3 Å². The molecule has 0 aromatic heterocycles. The van der Waals surface area contributed by atoms with Gasteiger partial charge in [-0.15, -0.1) is 0 Å². The molecule has 0 atom stereocenters. The number of methoxy groups -OCH3 is 1. The predicted molar refractivity (Wildman–Crippen MR) is 127 cm³/mol. The van der Waals surface area contributed by atoms with Gasteiger partial charge in [-0.25, -0.2) is 14.2 Å². The van der Waals surface area contributed by atoms with Gasteiger partial charge in [-0.1, -0.05) is 35.3 Å². The van der Waals surface area contributed by atoms with Gasteiger partial charge in [-0.3, -0.25) is 10.1 Å². The molecule has 0 aliphatic carbocycles. The van der Waals surface area contributed by atoms with Crippen LogP contribution in [0, 0.1) is 15.9 Å². The Labute approximate surface area is 208 Å².